The molecule has 3 unspecified atom stereocenters. The van der Waals surface area contributed by atoms with Crippen molar-refractivity contribution < 1.29 is 0 Å². The van der Waals surface area contributed by atoms with Crippen LogP contribution in [-0.2, 0) is 0 Å². The van der Waals surface area contributed by atoms with Crippen molar-refractivity contribution in [3.05, 3.63) is 34.9 Å². The van der Waals surface area contributed by atoms with E-state index in [-0.39, 0.29) is 5.54 Å². The van der Waals surface area contributed by atoms with E-state index in [1.54, 1.807) is 0 Å². The monoisotopic (exact) mass is 308 g/mol. The van der Waals surface area contributed by atoms with Gasteiger partial charge < -0.3 is 5.73 Å². The summed E-state index contributed by atoms with van der Waals surface area (Å²) >= 11 is 6.15. The summed E-state index contributed by atoms with van der Waals surface area (Å²) in [6.45, 7) is 10.0. The third kappa shape index (κ3) is 3.13. The molecule has 2 rings (SSSR count). The summed E-state index contributed by atoms with van der Waals surface area (Å²) in [6, 6.07) is 8.49. The quantitative estimate of drug-likeness (QED) is 0.888. The minimum absolute atomic E-state index is 0.0746. The van der Waals surface area contributed by atoms with Crippen LogP contribution in [0.5, 0.6) is 0 Å². The van der Waals surface area contributed by atoms with Crippen molar-refractivity contribution in [3.63, 3.8) is 0 Å². The van der Waals surface area contributed by atoms with Crippen LogP contribution in [0.3, 0.4) is 0 Å². The molecule has 0 aromatic heterocycles. The van der Waals surface area contributed by atoms with E-state index in [1.165, 1.54) is 12.0 Å². The number of halogens is 1. The summed E-state index contributed by atoms with van der Waals surface area (Å²) in [5.74, 6) is 0.601. The number of nitrogens with two attached hydrogens (primary N) is 1. The zero-order chi connectivity index (χ0) is 15.8. The number of hydrogen-bond acceptors (Lipinski definition) is 2. The van der Waals surface area contributed by atoms with E-state index < -0.39 is 0 Å². The second-order valence-corrected chi connectivity index (χ2v) is 8.03. The van der Waals surface area contributed by atoms with Crippen molar-refractivity contribution in [1.29, 1.82) is 0 Å². The molecule has 0 spiro atoms. The Balaban J connectivity index is 2.30. The fourth-order valence-corrected chi connectivity index (χ4v) is 4.56. The summed E-state index contributed by atoms with van der Waals surface area (Å²) in [4.78, 5) is 2.48. The first-order chi connectivity index (χ1) is 9.72. The minimum Gasteiger partial charge on any atom is -0.329 e. The number of nitrogens with zero attached hydrogens (tertiary/aromatic N) is 1. The Hall–Kier alpha value is -0.570. The normalized spacial score (nSPS) is 29.8. The lowest BCUT2D eigenvalue weighted by Gasteiger charge is -2.45. The van der Waals surface area contributed by atoms with E-state index in [2.05, 4.69) is 51.8 Å². The third-order valence-corrected chi connectivity index (χ3v) is 5.76. The molecule has 0 aliphatic heterocycles. The molecule has 0 heterocycles. The first-order valence-corrected chi connectivity index (χ1v) is 8.28. The molecule has 0 saturated heterocycles. The van der Waals surface area contributed by atoms with Gasteiger partial charge in [-0.05, 0) is 55.8 Å². The van der Waals surface area contributed by atoms with Gasteiger partial charge in [-0.3, -0.25) is 4.90 Å². The number of hydrogen-bond donors (Lipinski definition) is 1. The summed E-state index contributed by atoms with van der Waals surface area (Å²) < 4.78 is 0. The Labute approximate surface area is 134 Å². The van der Waals surface area contributed by atoms with Gasteiger partial charge in [0.05, 0.1) is 0 Å². The highest BCUT2D eigenvalue weighted by Gasteiger charge is 2.51. The van der Waals surface area contributed by atoms with Gasteiger partial charge in [0.15, 0.2) is 0 Å². The predicted octanol–water partition coefficient (Wildman–Crippen LogP) is 4.49. The van der Waals surface area contributed by atoms with Crippen LogP contribution >= 0.6 is 11.6 Å². The smallest absolute Gasteiger partial charge is 0.0409 e. The van der Waals surface area contributed by atoms with Crippen LogP contribution in [0.4, 0.5) is 0 Å². The van der Waals surface area contributed by atoms with Crippen LogP contribution < -0.4 is 5.73 Å². The molecule has 1 aromatic carbocycles. The van der Waals surface area contributed by atoms with E-state index in [0.717, 1.165) is 11.4 Å². The average Bonchev–Trinajstić information content (AvgIpc) is 2.67. The van der Waals surface area contributed by atoms with Gasteiger partial charge >= 0.3 is 0 Å². The van der Waals surface area contributed by atoms with E-state index in [1.807, 2.05) is 12.1 Å². The van der Waals surface area contributed by atoms with Gasteiger partial charge in [0, 0.05) is 23.1 Å². The second-order valence-electron chi connectivity index (χ2n) is 7.60. The Morgan fingerprint density at radius 2 is 2.10 bits per heavy atom. The maximum absolute atomic E-state index is 6.26. The van der Waals surface area contributed by atoms with E-state index in [4.69, 9.17) is 17.3 Å². The second kappa shape index (κ2) is 5.91. The lowest BCUT2D eigenvalue weighted by Crippen LogP contribution is -2.55. The number of likely N-dealkylation sites (N-methyl/N-ethyl adjacent to an activating group) is 1. The van der Waals surface area contributed by atoms with Crippen molar-refractivity contribution in [2.75, 3.05) is 13.6 Å². The summed E-state index contributed by atoms with van der Waals surface area (Å²) in [6.07, 6.45) is 2.38. The molecule has 1 fully saturated rings. The van der Waals surface area contributed by atoms with Gasteiger partial charge in [-0.15, -0.1) is 0 Å². The van der Waals surface area contributed by atoms with Gasteiger partial charge in [-0.2, -0.15) is 0 Å². The van der Waals surface area contributed by atoms with Crippen molar-refractivity contribution in [2.24, 2.45) is 17.1 Å². The molecule has 1 aliphatic rings. The molecule has 118 valence electrons. The largest absolute Gasteiger partial charge is 0.329 e. The number of benzene rings is 1. The predicted molar refractivity (Wildman–Crippen MR) is 91.6 cm³/mol. The van der Waals surface area contributed by atoms with Crippen LogP contribution in [0.2, 0.25) is 5.02 Å². The molecule has 3 heteroatoms. The maximum Gasteiger partial charge on any atom is 0.0409 e. The lowest BCUT2D eigenvalue weighted by atomic mass is 9.83. The molecular weight excluding hydrogens is 280 g/mol. The van der Waals surface area contributed by atoms with E-state index in [0.29, 0.717) is 23.9 Å². The van der Waals surface area contributed by atoms with Crippen LogP contribution in [0.15, 0.2) is 24.3 Å². The molecule has 2 nitrogen and oxygen atoms in total. The molecular formula is C18H29ClN2. The molecule has 2 N–H and O–H groups in total. The molecule has 0 amide bonds. The van der Waals surface area contributed by atoms with Gasteiger partial charge in [-0.25, -0.2) is 0 Å². The van der Waals surface area contributed by atoms with E-state index in [9.17, 15) is 0 Å². The molecule has 1 aliphatic carbocycles. The van der Waals surface area contributed by atoms with Crippen molar-refractivity contribution >= 4 is 11.6 Å². The standard InChI is InChI=1S/C18H29ClN2/c1-13-10-17(3,4)11-18(13,12-20)21(5)14(2)15-7-6-8-16(19)9-15/h6-9,13-14H,10-12,20H2,1-5H3. The van der Waals surface area contributed by atoms with Gasteiger partial charge in [0.1, 0.15) is 0 Å². The van der Waals surface area contributed by atoms with Crippen molar-refractivity contribution in [2.45, 2.75) is 52.1 Å². The summed E-state index contributed by atoms with van der Waals surface area (Å²) in [7, 11) is 2.22. The maximum atomic E-state index is 6.26. The molecule has 21 heavy (non-hydrogen) atoms. The van der Waals surface area contributed by atoms with Crippen molar-refractivity contribution in [1.82, 2.24) is 4.90 Å². The highest BCUT2D eigenvalue weighted by atomic mass is 35.5. The van der Waals surface area contributed by atoms with Gasteiger partial charge in [0.25, 0.3) is 0 Å². The minimum atomic E-state index is 0.0746. The fourth-order valence-electron chi connectivity index (χ4n) is 4.36. The highest BCUT2D eigenvalue weighted by molar-refractivity contribution is 6.30. The Morgan fingerprint density at radius 3 is 2.57 bits per heavy atom. The zero-order valence-corrected chi connectivity index (χ0v) is 14.7. The summed E-state index contributed by atoms with van der Waals surface area (Å²) in [5, 5.41) is 0.800. The first-order valence-electron chi connectivity index (χ1n) is 7.90. The molecule has 1 saturated carbocycles. The Kier molecular flexibility index (Phi) is 4.72. The van der Waals surface area contributed by atoms with Crippen molar-refractivity contribution in [3.8, 4) is 0 Å². The fraction of sp³-hybridized carbons (Fsp3) is 0.667. The number of rotatable bonds is 4. The zero-order valence-electron chi connectivity index (χ0n) is 14.0. The Bertz CT molecular complexity index is 500. The van der Waals surface area contributed by atoms with Crippen LogP contribution in [-0.4, -0.2) is 24.0 Å². The SMILES string of the molecule is CC(c1cccc(Cl)c1)N(C)C1(CN)CC(C)(C)CC1C. The molecule has 3 atom stereocenters. The first kappa shape index (κ1) is 16.8. The third-order valence-electron chi connectivity index (χ3n) is 5.53. The van der Waals surface area contributed by atoms with Gasteiger partial charge in [0.2, 0.25) is 0 Å². The average molecular weight is 309 g/mol. The van der Waals surface area contributed by atoms with Crippen LogP contribution in [0.1, 0.15) is 52.1 Å². The molecule has 0 bridgehead atoms. The lowest BCUT2D eigenvalue weighted by molar-refractivity contribution is 0.0506. The van der Waals surface area contributed by atoms with Crippen LogP contribution in [0.25, 0.3) is 0 Å². The molecule has 0 radical (unpaired) electrons. The highest BCUT2D eigenvalue weighted by Crippen LogP contribution is 2.51. The topological polar surface area (TPSA) is 29.3 Å². The molecule has 1 aromatic rings. The van der Waals surface area contributed by atoms with Crippen LogP contribution in [0, 0.1) is 11.3 Å². The van der Waals surface area contributed by atoms with E-state index >= 15 is 0 Å². The Morgan fingerprint density at radius 1 is 1.43 bits per heavy atom. The summed E-state index contributed by atoms with van der Waals surface area (Å²) in [5.41, 5.74) is 7.96. The van der Waals surface area contributed by atoms with Gasteiger partial charge in [-0.1, -0.05) is 44.5 Å².